The zero-order valence-electron chi connectivity index (χ0n) is 27.5. The van der Waals surface area contributed by atoms with Gasteiger partial charge in [0.15, 0.2) is 11.6 Å². The predicted molar refractivity (Wildman–Crippen MR) is 175 cm³/mol. The molecule has 14 heteroatoms. The lowest BCUT2D eigenvalue weighted by Crippen LogP contribution is -2.61. The molecule has 1 aromatic heterocycles. The van der Waals surface area contributed by atoms with Gasteiger partial charge in [0.25, 0.3) is 5.91 Å². The van der Waals surface area contributed by atoms with Crippen molar-refractivity contribution in [3.63, 3.8) is 0 Å². The Labute approximate surface area is 276 Å². The number of piperidine rings is 1. The molecule has 0 unspecified atom stereocenters. The first kappa shape index (κ1) is 34.0. The van der Waals surface area contributed by atoms with Crippen molar-refractivity contribution in [2.24, 2.45) is 5.41 Å². The summed E-state index contributed by atoms with van der Waals surface area (Å²) in [5.41, 5.74) is 0.256. The van der Waals surface area contributed by atoms with E-state index < -0.39 is 27.2 Å². The van der Waals surface area contributed by atoms with Crippen LogP contribution in [0.3, 0.4) is 0 Å². The molecule has 12 nitrogen and oxygen atoms in total. The third kappa shape index (κ3) is 7.26. The van der Waals surface area contributed by atoms with Gasteiger partial charge in [0.05, 0.1) is 41.9 Å². The number of aliphatic hydroxyl groups excluding tert-OH is 1. The van der Waals surface area contributed by atoms with Gasteiger partial charge in [-0.1, -0.05) is 6.92 Å². The Hall–Kier alpha value is -2.91. The Kier molecular flexibility index (Phi) is 10.1. The number of benzene rings is 1. The van der Waals surface area contributed by atoms with E-state index in [1.54, 1.807) is 18.0 Å². The molecule has 1 aliphatic carbocycles. The fraction of sp³-hybridized carbons (Fsp3) is 0.667. The Balaban J connectivity index is 1.06. The maximum absolute atomic E-state index is 14.5. The summed E-state index contributed by atoms with van der Waals surface area (Å²) >= 11 is 0. The van der Waals surface area contributed by atoms with Crippen LogP contribution >= 0.6 is 0 Å². The van der Waals surface area contributed by atoms with Gasteiger partial charge in [-0.25, -0.2) is 27.5 Å². The van der Waals surface area contributed by atoms with E-state index in [4.69, 9.17) is 9.47 Å². The third-order valence-corrected chi connectivity index (χ3v) is 12.2. The van der Waals surface area contributed by atoms with Crippen LogP contribution < -0.4 is 14.4 Å². The molecule has 1 spiro atoms. The first-order valence-corrected chi connectivity index (χ1v) is 18.4. The average Bonchev–Trinajstić information content (AvgIpc) is 3.03. The quantitative estimate of drug-likeness (QED) is 0.366. The number of hydrogen-bond acceptors (Lipinski definition) is 10. The van der Waals surface area contributed by atoms with Crippen molar-refractivity contribution < 1.29 is 32.2 Å². The minimum absolute atomic E-state index is 0.0466. The Morgan fingerprint density at radius 3 is 2.57 bits per heavy atom. The highest BCUT2D eigenvalue weighted by Crippen LogP contribution is 2.45. The smallest absolute Gasteiger partial charge is 0.258 e. The number of rotatable bonds is 11. The molecule has 258 valence electrons. The summed E-state index contributed by atoms with van der Waals surface area (Å²) in [6.45, 7) is 10.5. The van der Waals surface area contributed by atoms with Crippen LogP contribution in [0.5, 0.6) is 11.5 Å². The summed E-state index contributed by atoms with van der Waals surface area (Å²) in [5, 5.41) is 9.82. The highest BCUT2D eigenvalue weighted by atomic mass is 32.2. The monoisotopic (exact) mass is 674 g/mol. The lowest BCUT2D eigenvalue weighted by atomic mass is 9.72. The van der Waals surface area contributed by atoms with Crippen molar-refractivity contribution in [1.82, 2.24) is 24.5 Å². The van der Waals surface area contributed by atoms with Crippen molar-refractivity contribution in [3.8, 4) is 11.5 Å². The second-order valence-corrected chi connectivity index (χ2v) is 15.9. The number of carbonyl (C=O) groups is 1. The van der Waals surface area contributed by atoms with Gasteiger partial charge in [-0.15, -0.1) is 0 Å². The number of aliphatic hydroxyl groups is 1. The van der Waals surface area contributed by atoms with Crippen LogP contribution in [0, 0.1) is 11.2 Å². The number of sulfonamides is 1. The van der Waals surface area contributed by atoms with E-state index in [-0.39, 0.29) is 47.4 Å². The number of hydrogen-bond donors (Lipinski definition) is 2. The molecule has 2 aromatic rings. The predicted octanol–water partition coefficient (Wildman–Crippen LogP) is 3.17. The molecule has 4 heterocycles. The summed E-state index contributed by atoms with van der Waals surface area (Å²) in [7, 11) is -3.32. The summed E-state index contributed by atoms with van der Waals surface area (Å²) in [6.07, 6.45) is 7.24. The van der Waals surface area contributed by atoms with Crippen LogP contribution in [-0.4, -0.2) is 115 Å². The molecule has 1 saturated carbocycles. The lowest BCUT2D eigenvalue weighted by molar-refractivity contribution is -0.0240. The van der Waals surface area contributed by atoms with Crippen LogP contribution in [0.4, 0.5) is 10.2 Å². The number of likely N-dealkylation sites (tertiary alicyclic amines) is 1. The molecular weight excluding hydrogens is 627 g/mol. The second-order valence-electron chi connectivity index (χ2n) is 13.8. The van der Waals surface area contributed by atoms with Crippen molar-refractivity contribution >= 4 is 21.7 Å². The molecule has 47 heavy (non-hydrogen) atoms. The van der Waals surface area contributed by atoms with Crippen LogP contribution in [0.15, 0.2) is 30.7 Å². The maximum atomic E-state index is 14.5. The normalized spacial score (nSPS) is 26.1. The van der Waals surface area contributed by atoms with E-state index in [1.807, 2.05) is 13.8 Å². The number of nitrogens with zero attached hydrogens (tertiary/aromatic N) is 5. The number of ether oxygens (including phenoxy) is 2. The first-order chi connectivity index (χ1) is 22.5. The molecule has 3 saturated heterocycles. The maximum Gasteiger partial charge on any atom is 0.258 e. The molecule has 3 aliphatic heterocycles. The molecule has 1 aromatic carbocycles. The Morgan fingerprint density at radius 1 is 1.19 bits per heavy atom. The summed E-state index contributed by atoms with van der Waals surface area (Å²) in [4.78, 5) is 28.7. The van der Waals surface area contributed by atoms with Crippen LogP contribution in [0.25, 0.3) is 0 Å². The number of nitrogens with one attached hydrogen (secondary N) is 1. The highest BCUT2D eigenvalue weighted by molar-refractivity contribution is 7.90. The van der Waals surface area contributed by atoms with Gasteiger partial charge in [-0.05, 0) is 83.7 Å². The Bertz CT molecular complexity index is 1520. The van der Waals surface area contributed by atoms with Crippen LogP contribution in [0.1, 0.15) is 69.7 Å². The van der Waals surface area contributed by atoms with Gasteiger partial charge in [0, 0.05) is 37.6 Å². The first-order valence-electron chi connectivity index (χ1n) is 16.8. The second kappa shape index (κ2) is 13.9. The molecule has 4 atom stereocenters. The Morgan fingerprint density at radius 2 is 1.96 bits per heavy atom. The standard InChI is InChI=1S/C33H47FN6O6S/c1-4-37-47(43,44)25-7-6-24(45-18-25)17-38-13-11-33(12-14-38)19-39(20-33)31-30(16-35-21-36-31)46-29-10-5-23(34)15-26(29)32(42)40(22(2)3)27-8-9-28(27)41/h5,10,15-16,21-22,24-25,27-28,37,41H,4,6-9,11-14,17-20H2,1-3H3/t24-,25+,27+,28-/m0/s1. The largest absolute Gasteiger partial charge is 0.451 e. The van der Waals surface area contributed by atoms with Crippen molar-refractivity contribution in [2.45, 2.75) is 88.8 Å². The molecule has 1 amide bonds. The fourth-order valence-corrected chi connectivity index (χ4v) is 8.75. The van der Waals surface area contributed by atoms with Crippen molar-refractivity contribution in [3.05, 3.63) is 42.1 Å². The number of carbonyl (C=O) groups excluding carboxylic acids is 1. The van der Waals surface area contributed by atoms with Crippen molar-refractivity contribution in [1.29, 1.82) is 0 Å². The topological polar surface area (TPSA) is 137 Å². The van der Waals surface area contributed by atoms with Crippen molar-refractivity contribution in [2.75, 3.05) is 50.8 Å². The van der Waals surface area contributed by atoms with E-state index >= 15 is 0 Å². The summed E-state index contributed by atoms with van der Waals surface area (Å²) in [6, 6.07) is 3.41. The SMILES string of the molecule is CCNS(=O)(=O)[C@@H]1CC[C@@H](CN2CCC3(CC2)CN(c2ncncc2Oc2ccc(F)cc2C(=O)N(C(C)C)[C@@H]2CC[C@@H]2O)C3)OC1. The van der Waals surface area contributed by atoms with Gasteiger partial charge in [-0.3, -0.25) is 4.79 Å². The molecule has 0 bridgehead atoms. The zero-order valence-corrected chi connectivity index (χ0v) is 28.3. The number of amides is 1. The molecule has 6 rings (SSSR count). The molecule has 0 radical (unpaired) electrons. The van der Waals surface area contributed by atoms with E-state index in [0.29, 0.717) is 37.4 Å². The fourth-order valence-electron chi connectivity index (χ4n) is 7.41. The van der Waals surface area contributed by atoms with Crippen LogP contribution in [0.2, 0.25) is 0 Å². The number of halogens is 1. The van der Waals surface area contributed by atoms with Gasteiger partial charge in [0.1, 0.15) is 17.9 Å². The number of aromatic nitrogens is 2. The van der Waals surface area contributed by atoms with Gasteiger partial charge >= 0.3 is 0 Å². The summed E-state index contributed by atoms with van der Waals surface area (Å²) < 4.78 is 53.9. The van der Waals surface area contributed by atoms with Gasteiger partial charge in [0.2, 0.25) is 10.0 Å². The van der Waals surface area contributed by atoms with Crippen LogP contribution in [-0.2, 0) is 14.8 Å². The number of anilines is 1. The summed E-state index contributed by atoms with van der Waals surface area (Å²) in [5.74, 6) is 0.303. The van der Waals surface area contributed by atoms with E-state index in [1.165, 1.54) is 24.5 Å². The lowest BCUT2D eigenvalue weighted by Gasteiger charge is -2.54. The minimum Gasteiger partial charge on any atom is -0.451 e. The zero-order chi connectivity index (χ0) is 33.3. The molecule has 4 aliphatic rings. The minimum atomic E-state index is -3.32. The van der Waals surface area contributed by atoms with E-state index in [2.05, 4.69) is 24.5 Å². The third-order valence-electron chi connectivity index (χ3n) is 10.2. The van der Waals surface area contributed by atoms with Gasteiger partial charge < -0.3 is 29.3 Å². The van der Waals surface area contributed by atoms with E-state index in [0.717, 1.165) is 52.0 Å². The molecule has 2 N–H and O–H groups in total. The molecular formula is C33H47FN6O6S. The van der Waals surface area contributed by atoms with E-state index in [9.17, 15) is 22.7 Å². The van der Waals surface area contributed by atoms with Gasteiger partial charge in [-0.2, -0.15) is 0 Å². The highest BCUT2D eigenvalue weighted by Gasteiger charge is 2.46. The average molecular weight is 675 g/mol. The molecule has 4 fully saturated rings.